The third-order valence-corrected chi connectivity index (χ3v) is 4.42. The second-order valence-electron chi connectivity index (χ2n) is 5.85. The summed E-state index contributed by atoms with van der Waals surface area (Å²) in [7, 11) is 3.18. The number of rotatable bonds is 3. The number of carbonyl (C=O) groups excluding carboxylic acids is 1. The van der Waals surface area contributed by atoms with E-state index in [0.717, 1.165) is 12.2 Å². The zero-order valence-electron chi connectivity index (χ0n) is 13.6. The van der Waals surface area contributed by atoms with Crippen LogP contribution < -0.4 is 15.7 Å². The average molecular weight is 351 g/mol. The van der Waals surface area contributed by atoms with Gasteiger partial charge in [-0.25, -0.2) is 9.48 Å². The summed E-state index contributed by atoms with van der Waals surface area (Å²) in [6.07, 6.45) is 2.07. The number of aryl methyl sites for hydroxylation is 2. The largest absolute Gasteiger partial charge is 0.497 e. The van der Waals surface area contributed by atoms with Crippen molar-refractivity contribution in [1.82, 2.24) is 19.7 Å². The number of fused-ring (bicyclic) bond motifs is 1. The summed E-state index contributed by atoms with van der Waals surface area (Å²) in [6.45, 7) is 0.547. The highest BCUT2D eigenvalue weighted by atomic mass is 35.5. The average Bonchev–Trinajstić information content (AvgIpc) is 2.72. The van der Waals surface area contributed by atoms with Gasteiger partial charge in [0.05, 0.1) is 7.11 Å². The van der Waals surface area contributed by atoms with Crippen molar-refractivity contribution in [3.8, 4) is 5.75 Å². The van der Waals surface area contributed by atoms with Gasteiger partial charge in [0, 0.05) is 36.6 Å². The lowest BCUT2D eigenvalue weighted by atomic mass is 10.1. The lowest BCUT2D eigenvalue weighted by molar-refractivity contribution is 0.0932. The predicted molar refractivity (Wildman–Crippen MR) is 89.7 cm³/mol. The molecule has 1 amide bonds. The maximum atomic E-state index is 12.5. The normalized spacial score (nSPS) is 17.0. The molecule has 0 fully saturated rings. The minimum Gasteiger partial charge on any atom is -0.497 e. The first kappa shape index (κ1) is 16.6. The molecule has 2 heterocycles. The molecule has 2 aromatic rings. The third kappa shape index (κ3) is 3.31. The van der Waals surface area contributed by atoms with Crippen LogP contribution in [0.25, 0.3) is 0 Å². The van der Waals surface area contributed by atoms with Gasteiger partial charge in [0.15, 0.2) is 0 Å². The molecule has 1 aromatic heterocycles. The fraction of sp³-hybridized carbons (Fsp3) is 0.438. The van der Waals surface area contributed by atoms with Gasteiger partial charge >= 0.3 is 5.69 Å². The molecule has 0 saturated heterocycles. The first-order valence-electron chi connectivity index (χ1n) is 7.76. The molecule has 128 valence electrons. The molecule has 3 rings (SSSR count). The molecule has 24 heavy (non-hydrogen) atoms. The van der Waals surface area contributed by atoms with Crippen molar-refractivity contribution < 1.29 is 9.53 Å². The van der Waals surface area contributed by atoms with E-state index in [-0.39, 0.29) is 17.6 Å². The smallest absolute Gasteiger partial charge is 0.345 e. The van der Waals surface area contributed by atoms with Crippen molar-refractivity contribution in [3.05, 3.63) is 45.1 Å². The molecular weight excluding hydrogens is 332 g/mol. The van der Waals surface area contributed by atoms with E-state index in [9.17, 15) is 9.59 Å². The number of nitrogens with one attached hydrogen (secondary N) is 1. The molecule has 1 aliphatic heterocycles. The summed E-state index contributed by atoms with van der Waals surface area (Å²) in [4.78, 5) is 24.4. The number of benzene rings is 1. The summed E-state index contributed by atoms with van der Waals surface area (Å²) in [5.74, 6) is 1.11. The Morgan fingerprint density at radius 1 is 1.38 bits per heavy atom. The minimum atomic E-state index is -0.201. The van der Waals surface area contributed by atoms with Crippen LogP contribution in [0.4, 0.5) is 0 Å². The van der Waals surface area contributed by atoms with E-state index >= 15 is 0 Å². The molecule has 1 aromatic carbocycles. The number of ether oxygens (including phenoxy) is 1. The monoisotopic (exact) mass is 350 g/mol. The summed E-state index contributed by atoms with van der Waals surface area (Å²) >= 11 is 6.01. The number of hydrogen-bond donors (Lipinski definition) is 1. The molecular formula is C16H19ClN4O3. The number of hydrogen-bond acceptors (Lipinski definition) is 4. The Morgan fingerprint density at radius 2 is 2.17 bits per heavy atom. The maximum Gasteiger partial charge on any atom is 0.345 e. The van der Waals surface area contributed by atoms with E-state index in [1.54, 1.807) is 29.8 Å². The number of nitrogens with zero attached hydrogens (tertiary/aromatic N) is 3. The fourth-order valence-corrected chi connectivity index (χ4v) is 3.15. The van der Waals surface area contributed by atoms with Crippen LogP contribution in [0.5, 0.6) is 5.75 Å². The highest BCUT2D eigenvalue weighted by Gasteiger charge is 2.22. The summed E-state index contributed by atoms with van der Waals surface area (Å²) in [5.41, 5.74) is 0.341. The zero-order chi connectivity index (χ0) is 17.3. The molecule has 1 N–H and O–H groups in total. The van der Waals surface area contributed by atoms with E-state index in [0.29, 0.717) is 35.7 Å². The molecule has 1 aliphatic rings. The maximum absolute atomic E-state index is 12.5. The number of methoxy groups -OCH3 is 1. The van der Waals surface area contributed by atoms with Crippen molar-refractivity contribution in [3.63, 3.8) is 0 Å². The molecule has 1 atom stereocenters. The number of halogens is 1. The molecule has 1 unspecified atom stereocenters. The van der Waals surface area contributed by atoms with E-state index in [1.165, 1.54) is 11.8 Å². The van der Waals surface area contributed by atoms with Gasteiger partial charge in [0.25, 0.3) is 5.91 Å². The van der Waals surface area contributed by atoms with Gasteiger partial charge in [-0.1, -0.05) is 11.6 Å². The fourth-order valence-electron chi connectivity index (χ4n) is 2.92. The van der Waals surface area contributed by atoms with Gasteiger partial charge in [-0.05, 0) is 31.0 Å². The van der Waals surface area contributed by atoms with Crippen LogP contribution in [0.15, 0.2) is 23.0 Å². The number of aromatic nitrogens is 3. The first-order valence-corrected chi connectivity index (χ1v) is 8.14. The van der Waals surface area contributed by atoms with Crippen molar-refractivity contribution in [2.75, 3.05) is 7.11 Å². The quantitative estimate of drug-likeness (QED) is 0.907. The SMILES string of the molecule is COc1cc(Cl)cc(C(=O)NC2CCc3nn(C)c(=O)n3CC2)c1. The second-order valence-corrected chi connectivity index (χ2v) is 6.29. The highest BCUT2D eigenvalue weighted by molar-refractivity contribution is 6.31. The van der Waals surface area contributed by atoms with Gasteiger partial charge in [0.1, 0.15) is 11.6 Å². The van der Waals surface area contributed by atoms with Gasteiger partial charge in [0.2, 0.25) is 0 Å². The number of amides is 1. The second kappa shape index (κ2) is 6.68. The van der Waals surface area contributed by atoms with Crippen molar-refractivity contribution in [1.29, 1.82) is 0 Å². The van der Waals surface area contributed by atoms with E-state index < -0.39 is 0 Å². The van der Waals surface area contributed by atoms with Crippen LogP contribution in [0.1, 0.15) is 29.0 Å². The first-order chi connectivity index (χ1) is 11.5. The Balaban J connectivity index is 1.70. The zero-order valence-corrected chi connectivity index (χ0v) is 14.3. The van der Waals surface area contributed by atoms with Crippen LogP contribution in [-0.4, -0.2) is 33.4 Å². The summed E-state index contributed by atoms with van der Waals surface area (Å²) in [6, 6.07) is 4.89. The van der Waals surface area contributed by atoms with Crippen LogP contribution in [0.3, 0.4) is 0 Å². The molecule has 0 aliphatic carbocycles. The highest BCUT2D eigenvalue weighted by Crippen LogP contribution is 2.21. The van der Waals surface area contributed by atoms with Crippen LogP contribution in [0.2, 0.25) is 5.02 Å². The van der Waals surface area contributed by atoms with Gasteiger partial charge < -0.3 is 10.1 Å². The van der Waals surface area contributed by atoms with Gasteiger partial charge in [-0.15, -0.1) is 0 Å². The molecule has 0 spiro atoms. The Bertz CT molecular complexity index is 827. The summed E-state index contributed by atoms with van der Waals surface area (Å²) in [5, 5.41) is 7.69. The minimum absolute atomic E-state index is 0.0196. The van der Waals surface area contributed by atoms with Gasteiger partial charge in [-0.3, -0.25) is 9.36 Å². The molecule has 0 saturated carbocycles. The third-order valence-electron chi connectivity index (χ3n) is 4.21. The Kier molecular flexibility index (Phi) is 4.62. The van der Waals surface area contributed by atoms with Crippen LogP contribution in [0, 0.1) is 0 Å². The predicted octanol–water partition coefficient (Wildman–Crippen LogP) is 1.38. The summed E-state index contributed by atoms with van der Waals surface area (Å²) < 4.78 is 8.17. The van der Waals surface area contributed by atoms with Crippen molar-refractivity contribution >= 4 is 17.5 Å². The molecule has 0 radical (unpaired) electrons. The topological polar surface area (TPSA) is 78.2 Å². The molecule has 8 heteroatoms. The molecule has 7 nitrogen and oxygen atoms in total. The Hall–Kier alpha value is -2.28. The van der Waals surface area contributed by atoms with E-state index in [1.807, 2.05) is 0 Å². The lowest BCUT2D eigenvalue weighted by Crippen LogP contribution is -2.35. The Labute approximate surface area is 144 Å². The van der Waals surface area contributed by atoms with Gasteiger partial charge in [-0.2, -0.15) is 5.10 Å². The van der Waals surface area contributed by atoms with Crippen LogP contribution >= 0.6 is 11.6 Å². The number of carbonyl (C=O) groups is 1. The molecule has 0 bridgehead atoms. The van der Waals surface area contributed by atoms with E-state index in [2.05, 4.69) is 10.4 Å². The Morgan fingerprint density at radius 3 is 2.92 bits per heavy atom. The lowest BCUT2D eigenvalue weighted by Gasteiger charge is -2.16. The standard InChI is InChI=1S/C16H19ClN4O3/c1-20-16(23)21-6-5-12(3-4-14(21)19-20)18-15(22)10-7-11(17)9-13(8-10)24-2/h7-9,12H,3-6H2,1-2H3,(H,18,22). The van der Waals surface area contributed by atoms with E-state index in [4.69, 9.17) is 16.3 Å². The van der Waals surface area contributed by atoms with Crippen LogP contribution in [-0.2, 0) is 20.0 Å². The van der Waals surface area contributed by atoms with Crippen molar-refractivity contribution in [2.24, 2.45) is 7.05 Å². The van der Waals surface area contributed by atoms with Crippen molar-refractivity contribution in [2.45, 2.75) is 31.8 Å².